The number of likely N-dealkylation sites (tertiary alicyclic amines) is 1. The lowest BCUT2D eigenvalue weighted by Crippen LogP contribution is -2.49. The lowest BCUT2D eigenvalue weighted by atomic mass is 9.90. The molecule has 22 heavy (non-hydrogen) atoms. The van der Waals surface area contributed by atoms with E-state index in [-0.39, 0.29) is 12.1 Å². The van der Waals surface area contributed by atoms with E-state index in [1.165, 1.54) is 19.3 Å². The standard InChI is InChI=1S/C18H26N2O2/c1-20-11-16(9-14-7-8-14)10-17(12-20)19-18(21)22-13-15-5-3-2-4-6-15/h2-6,14,16-17H,7-13H2,1H3,(H,19,21). The first kappa shape index (κ1) is 15.3. The number of hydrogen-bond donors (Lipinski definition) is 1. The van der Waals surface area contributed by atoms with Gasteiger partial charge in [-0.3, -0.25) is 0 Å². The first-order chi connectivity index (χ1) is 10.7. The SMILES string of the molecule is CN1CC(CC2CC2)CC(NC(=O)OCc2ccccc2)C1. The van der Waals surface area contributed by atoms with Gasteiger partial charge in [-0.15, -0.1) is 0 Å². The Morgan fingerprint density at radius 2 is 2.00 bits per heavy atom. The van der Waals surface area contributed by atoms with Gasteiger partial charge < -0.3 is 15.0 Å². The summed E-state index contributed by atoms with van der Waals surface area (Å²) >= 11 is 0. The Hall–Kier alpha value is -1.55. The first-order valence-electron chi connectivity index (χ1n) is 8.35. The van der Waals surface area contributed by atoms with Crippen molar-refractivity contribution in [2.24, 2.45) is 11.8 Å². The van der Waals surface area contributed by atoms with Crippen LogP contribution in [0.4, 0.5) is 4.79 Å². The molecule has 1 aromatic rings. The second kappa shape index (κ2) is 7.14. The third kappa shape index (κ3) is 4.73. The van der Waals surface area contributed by atoms with Crippen molar-refractivity contribution < 1.29 is 9.53 Å². The number of likely N-dealkylation sites (N-methyl/N-ethyl adjacent to an activating group) is 1. The molecule has 0 radical (unpaired) electrons. The number of amides is 1. The summed E-state index contributed by atoms with van der Waals surface area (Å²) in [5, 5.41) is 3.04. The molecule has 1 saturated carbocycles. The molecule has 2 aliphatic rings. The molecule has 3 rings (SSSR count). The van der Waals surface area contributed by atoms with Crippen molar-refractivity contribution in [3.63, 3.8) is 0 Å². The maximum atomic E-state index is 12.0. The number of rotatable bonds is 5. The molecule has 0 bridgehead atoms. The summed E-state index contributed by atoms with van der Waals surface area (Å²) in [6.07, 6.45) is 4.91. The number of nitrogens with one attached hydrogen (secondary N) is 1. The smallest absolute Gasteiger partial charge is 0.407 e. The Bertz CT molecular complexity index is 485. The fourth-order valence-corrected chi connectivity index (χ4v) is 3.47. The third-order valence-corrected chi connectivity index (χ3v) is 4.62. The highest BCUT2D eigenvalue weighted by molar-refractivity contribution is 5.67. The van der Waals surface area contributed by atoms with Crippen molar-refractivity contribution in [3.05, 3.63) is 35.9 Å². The van der Waals surface area contributed by atoms with E-state index in [0.717, 1.165) is 31.0 Å². The predicted octanol–water partition coefficient (Wildman–Crippen LogP) is 3.03. The predicted molar refractivity (Wildman–Crippen MR) is 86.5 cm³/mol. The second-order valence-corrected chi connectivity index (χ2v) is 6.91. The van der Waals surface area contributed by atoms with Gasteiger partial charge in [0.15, 0.2) is 0 Å². The van der Waals surface area contributed by atoms with Crippen molar-refractivity contribution >= 4 is 6.09 Å². The fourth-order valence-electron chi connectivity index (χ4n) is 3.47. The molecule has 0 aromatic heterocycles. The molecular weight excluding hydrogens is 276 g/mol. The van der Waals surface area contributed by atoms with Gasteiger partial charge in [0, 0.05) is 19.1 Å². The molecule has 1 aliphatic carbocycles. The first-order valence-corrected chi connectivity index (χ1v) is 8.35. The number of carbonyl (C=O) groups excluding carboxylic acids is 1. The highest BCUT2D eigenvalue weighted by Crippen LogP contribution is 2.37. The molecule has 1 aromatic carbocycles. The molecule has 1 heterocycles. The van der Waals surface area contributed by atoms with Gasteiger partial charge in [-0.05, 0) is 37.3 Å². The second-order valence-electron chi connectivity index (χ2n) is 6.91. The van der Waals surface area contributed by atoms with Gasteiger partial charge in [-0.25, -0.2) is 4.79 Å². The lowest BCUT2D eigenvalue weighted by molar-refractivity contribution is 0.116. The zero-order chi connectivity index (χ0) is 15.4. The number of piperidine rings is 1. The maximum Gasteiger partial charge on any atom is 0.407 e. The van der Waals surface area contributed by atoms with Gasteiger partial charge in [0.2, 0.25) is 0 Å². The van der Waals surface area contributed by atoms with Gasteiger partial charge in [0.25, 0.3) is 0 Å². The van der Waals surface area contributed by atoms with E-state index in [1.807, 2.05) is 30.3 Å². The normalized spacial score (nSPS) is 25.7. The molecule has 4 nitrogen and oxygen atoms in total. The highest BCUT2D eigenvalue weighted by atomic mass is 16.5. The van der Waals surface area contributed by atoms with Crippen LogP contribution < -0.4 is 5.32 Å². The highest BCUT2D eigenvalue weighted by Gasteiger charge is 2.31. The maximum absolute atomic E-state index is 12.0. The van der Waals surface area contributed by atoms with Crippen molar-refractivity contribution in [3.8, 4) is 0 Å². The van der Waals surface area contributed by atoms with E-state index >= 15 is 0 Å². The van der Waals surface area contributed by atoms with E-state index in [0.29, 0.717) is 12.5 Å². The molecule has 0 spiro atoms. The Morgan fingerprint density at radius 3 is 2.73 bits per heavy atom. The molecule has 120 valence electrons. The Labute approximate surface area is 132 Å². The molecular formula is C18H26N2O2. The zero-order valence-corrected chi connectivity index (χ0v) is 13.3. The van der Waals surface area contributed by atoms with Gasteiger partial charge in [0.1, 0.15) is 6.61 Å². The number of ether oxygens (including phenoxy) is 1. The summed E-state index contributed by atoms with van der Waals surface area (Å²) in [4.78, 5) is 14.3. The minimum atomic E-state index is -0.297. The van der Waals surface area contributed by atoms with Crippen molar-refractivity contribution in [1.29, 1.82) is 0 Å². The molecule has 4 heteroatoms. The van der Waals surface area contributed by atoms with E-state index in [4.69, 9.17) is 4.74 Å². The van der Waals surface area contributed by atoms with E-state index in [9.17, 15) is 4.79 Å². The fraction of sp³-hybridized carbons (Fsp3) is 0.611. The van der Waals surface area contributed by atoms with Crippen LogP contribution in [0.2, 0.25) is 0 Å². The molecule has 2 fully saturated rings. The van der Waals surface area contributed by atoms with Crippen molar-refractivity contribution in [2.75, 3.05) is 20.1 Å². The lowest BCUT2D eigenvalue weighted by Gasteiger charge is -2.36. The van der Waals surface area contributed by atoms with Crippen LogP contribution in [0.3, 0.4) is 0 Å². The Balaban J connectivity index is 1.43. The van der Waals surface area contributed by atoms with Crippen molar-refractivity contribution in [1.82, 2.24) is 10.2 Å². The number of nitrogens with zero attached hydrogens (tertiary/aromatic N) is 1. The van der Waals surface area contributed by atoms with Crippen LogP contribution in [0.25, 0.3) is 0 Å². The monoisotopic (exact) mass is 302 g/mol. The average molecular weight is 302 g/mol. The number of alkyl carbamates (subject to hydrolysis) is 1. The van der Waals surface area contributed by atoms with Crippen LogP contribution in [-0.4, -0.2) is 37.2 Å². The minimum absolute atomic E-state index is 0.214. The van der Waals surface area contributed by atoms with E-state index in [1.54, 1.807) is 0 Å². The summed E-state index contributed by atoms with van der Waals surface area (Å²) in [5.41, 5.74) is 1.02. The average Bonchev–Trinajstić information content (AvgIpc) is 3.29. The molecule has 1 aliphatic heterocycles. The molecule has 2 unspecified atom stereocenters. The van der Waals surface area contributed by atoms with Crippen LogP contribution in [0.15, 0.2) is 30.3 Å². The molecule has 1 amide bonds. The van der Waals surface area contributed by atoms with Crippen LogP contribution >= 0.6 is 0 Å². The Kier molecular flexibility index (Phi) is 4.98. The minimum Gasteiger partial charge on any atom is -0.445 e. The zero-order valence-electron chi connectivity index (χ0n) is 13.3. The topological polar surface area (TPSA) is 41.6 Å². The summed E-state index contributed by atoms with van der Waals surface area (Å²) in [5.74, 6) is 1.66. The van der Waals surface area contributed by atoms with Crippen LogP contribution in [-0.2, 0) is 11.3 Å². The molecule has 2 atom stereocenters. The van der Waals surface area contributed by atoms with Crippen LogP contribution in [0.1, 0.15) is 31.2 Å². The summed E-state index contributed by atoms with van der Waals surface area (Å²) < 4.78 is 5.33. The van der Waals surface area contributed by atoms with E-state index in [2.05, 4.69) is 17.3 Å². The number of carbonyl (C=O) groups is 1. The van der Waals surface area contributed by atoms with Crippen molar-refractivity contribution in [2.45, 2.75) is 38.3 Å². The van der Waals surface area contributed by atoms with Gasteiger partial charge in [0.05, 0.1) is 0 Å². The quantitative estimate of drug-likeness (QED) is 0.909. The van der Waals surface area contributed by atoms with Gasteiger partial charge in [-0.2, -0.15) is 0 Å². The van der Waals surface area contributed by atoms with Gasteiger partial charge >= 0.3 is 6.09 Å². The summed E-state index contributed by atoms with van der Waals surface area (Å²) in [7, 11) is 2.14. The largest absolute Gasteiger partial charge is 0.445 e. The number of benzene rings is 1. The third-order valence-electron chi connectivity index (χ3n) is 4.62. The molecule has 1 N–H and O–H groups in total. The summed E-state index contributed by atoms with van der Waals surface area (Å²) in [6.45, 7) is 2.41. The summed E-state index contributed by atoms with van der Waals surface area (Å²) in [6, 6.07) is 10.0. The number of hydrogen-bond acceptors (Lipinski definition) is 3. The molecule has 1 saturated heterocycles. The van der Waals surface area contributed by atoms with E-state index < -0.39 is 0 Å². The Morgan fingerprint density at radius 1 is 1.23 bits per heavy atom. The van der Waals surface area contributed by atoms with Crippen LogP contribution in [0, 0.1) is 11.8 Å². The van der Waals surface area contributed by atoms with Crippen LogP contribution in [0.5, 0.6) is 0 Å². The van der Waals surface area contributed by atoms with Gasteiger partial charge in [-0.1, -0.05) is 43.2 Å².